The predicted molar refractivity (Wildman–Crippen MR) is 97.7 cm³/mol. The van der Waals surface area contributed by atoms with Crippen molar-refractivity contribution in [1.29, 1.82) is 0 Å². The van der Waals surface area contributed by atoms with Gasteiger partial charge in [-0.2, -0.15) is 0 Å². The summed E-state index contributed by atoms with van der Waals surface area (Å²) in [6.07, 6.45) is 5.64. The Hall–Kier alpha value is -1.91. The molecule has 3 rings (SSSR count). The summed E-state index contributed by atoms with van der Waals surface area (Å²) in [5.74, 6) is -0.109. The fourth-order valence-corrected chi connectivity index (χ4v) is 3.33. The molecule has 128 valence electrons. The minimum atomic E-state index is -0.279. The van der Waals surface area contributed by atoms with E-state index in [2.05, 4.69) is 4.98 Å². The van der Waals surface area contributed by atoms with E-state index in [1.165, 1.54) is 0 Å². The van der Waals surface area contributed by atoms with E-state index in [0.717, 1.165) is 30.5 Å². The van der Waals surface area contributed by atoms with Gasteiger partial charge in [-0.05, 0) is 30.0 Å². The second kappa shape index (κ2) is 8.27. The Labute approximate surface area is 149 Å². The van der Waals surface area contributed by atoms with Gasteiger partial charge in [-0.25, -0.2) is 0 Å². The molecule has 2 aromatic rings. The van der Waals surface area contributed by atoms with Crippen molar-refractivity contribution in [3.63, 3.8) is 0 Å². The Balaban J connectivity index is 0.00000208. The van der Waals surface area contributed by atoms with Crippen LogP contribution in [0.3, 0.4) is 0 Å². The highest BCUT2D eigenvalue weighted by molar-refractivity contribution is 5.85. The predicted octanol–water partition coefficient (Wildman–Crippen LogP) is 3.50. The van der Waals surface area contributed by atoms with Gasteiger partial charge in [-0.1, -0.05) is 43.3 Å². The van der Waals surface area contributed by atoms with Gasteiger partial charge >= 0.3 is 0 Å². The molecule has 1 aromatic carbocycles. The Morgan fingerprint density at radius 3 is 2.67 bits per heavy atom. The van der Waals surface area contributed by atoms with E-state index in [1.807, 2.05) is 60.5 Å². The first-order valence-electron chi connectivity index (χ1n) is 8.19. The van der Waals surface area contributed by atoms with Crippen LogP contribution < -0.4 is 5.73 Å². The van der Waals surface area contributed by atoms with E-state index >= 15 is 0 Å². The molecule has 1 aliphatic rings. The summed E-state index contributed by atoms with van der Waals surface area (Å²) in [7, 11) is 0. The van der Waals surface area contributed by atoms with Crippen LogP contribution in [-0.4, -0.2) is 22.3 Å². The first-order valence-corrected chi connectivity index (χ1v) is 8.19. The highest BCUT2D eigenvalue weighted by atomic mass is 35.5. The summed E-state index contributed by atoms with van der Waals surface area (Å²) in [6.45, 7) is 2.73. The SMILES string of the molecule is CC(C(=O)N1CCCC1c1cccnc1)C(N)c1ccccc1.Cl. The van der Waals surface area contributed by atoms with E-state index in [0.29, 0.717) is 0 Å². The van der Waals surface area contributed by atoms with Crippen molar-refractivity contribution in [1.82, 2.24) is 9.88 Å². The first kappa shape index (κ1) is 18.4. The van der Waals surface area contributed by atoms with Crippen molar-refractivity contribution in [2.45, 2.75) is 31.8 Å². The number of nitrogens with two attached hydrogens (primary N) is 1. The molecule has 3 atom stereocenters. The highest BCUT2D eigenvalue weighted by Gasteiger charge is 2.34. The van der Waals surface area contributed by atoms with Crippen molar-refractivity contribution >= 4 is 18.3 Å². The zero-order chi connectivity index (χ0) is 16.2. The molecule has 0 spiro atoms. The fourth-order valence-electron chi connectivity index (χ4n) is 3.33. The van der Waals surface area contributed by atoms with Crippen LogP contribution in [0.15, 0.2) is 54.9 Å². The highest BCUT2D eigenvalue weighted by Crippen LogP contribution is 2.34. The van der Waals surface area contributed by atoms with Gasteiger partial charge in [0.05, 0.1) is 12.0 Å². The van der Waals surface area contributed by atoms with Crippen LogP contribution in [0.25, 0.3) is 0 Å². The first-order chi connectivity index (χ1) is 11.2. The average Bonchev–Trinajstić information content (AvgIpc) is 3.11. The number of halogens is 1. The van der Waals surface area contributed by atoms with E-state index in [-0.39, 0.29) is 36.3 Å². The quantitative estimate of drug-likeness (QED) is 0.922. The second-order valence-corrected chi connectivity index (χ2v) is 6.20. The van der Waals surface area contributed by atoms with E-state index < -0.39 is 0 Å². The Morgan fingerprint density at radius 2 is 2.00 bits per heavy atom. The molecule has 1 saturated heterocycles. The van der Waals surface area contributed by atoms with Gasteiger partial charge < -0.3 is 10.6 Å². The van der Waals surface area contributed by atoms with Gasteiger partial charge in [0, 0.05) is 25.0 Å². The smallest absolute Gasteiger partial charge is 0.227 e. The standard InChI is InChI=1S/C19H23N3O.ClH/c1-14(18(20)15-7-3-2-4-8-15)19(23)22-12-6-10-17(22)16-9-5-11-21-13-16;/h2-5,7-9,11,13-14,17-18H,6,10,12,20H2,1H3;1H. The summed E-state index contributed by atoms with van der Waals surface area (Å²) in [4.78, 5) is 19.1. The number of nitrogens with zero attached hydrogens (tertiary/aromatic N) is 2. The van der Waals surface area contributed by atoms with Crippen molar-refractivity contribution in [2.24, 2.45) is 11.7 Å². The van der Waals surface area contributed by atoms with Gasteiger partial charge in [-0.15, -0.1) is 12.4 Å². The molecule has 4 nitrogen and oxygen atoms in total. The molecule has 2 N–H and O–H groups in total. The third-order valence-electron chi connectivity index (χ3n) is 4.72. The van der Waals surface area contributed by atoms with E-state index in [4.69, 9.17) is 5.73 Å². The van der Waals surface area contributed by atoms with Crippen LogP contribution in [0.5, 0.6) is 0 Å². The number of benzene rings is 1. The summed E-state index contributed by atoms with van der Waals surface area (Å²) >= 11 is 0. The second-order valence-electron chi connectivity index (χ2n) is 6.20. The minimum Gasteiger partial charge on any atom is -0.335 e. The Bertz CT molecular complexity index is 650. The number of pyridine rings is 1. The van der Waals surface area contributed by atoms with Crippen molar-refractivity contribution in [3.8, 4) is 0 Å². The number of hydrogen-bond donors (Lipinski definition) is 1. The minimum absolute atomic E-state index is 0. The van der Waals surface area contributed by atoms with Gasteiger partial charge in [0.1, 0.15) is 0 Å². The maximum atomic E-state index is 13.0. The number of likely N-dealkylation sites (tertiary alicyclic amines) is 1. The van der Waals surface area contributed by atoms with Crippen LogP contribution >= 0.6 is 12.4 Å². The molecule has 24 heavy (non-hydrogen) atoms. The summed E-state index contributed by atoms with van der Waals surface area (Å²) in [6, 6.07) is 13.7. The molecule has 3 unspecified atom stereocenters. The number of carbonyl (C=O) groups excluding carboxylic acids is 1. The molecular weight excluding hydrogens is 322 g/mol. The lowest BCUT2D eigenvalue weighted by Gasteiger charge is -2.30. The number of rotatable bonds is 4. The van der Waals surface area contributed by atoms with Crippen molar-refractivity contribution in [3.05, 3.63) is 66.0 Å². The average molecular weight is 346 g/mol. The van der Waals surface area contributed by atoms with Crippen LogP contribution in [0.2, 0.25) is 0 Å². The third kappa shape index (κ3) is 3.77. The van der Waals surface area contributed by atoms with Gasteiger partial charge in [-0.3, -0.25) is 9.78 Å². The van der Waals surface area contributed by atoms with E-state index in [9.17, 15) is 4.79 Å². The number of hydrogen-bond acceptors (Lipinski definition) is 3. The maximum Gasteiger partial charge on any atom is 0.227 e. The van der Waals surface area contributed by atoms with Crippen LogP contribution in [0.4, 0.5) is 0 Å². The monoisotopic (exact) mass is 345 g/mol. The lowest BCUT2D eigenvalue weighted by atomic mass is 9.93. The van der Waals surface area contributed by atoms with Gasteiger partial charge in [0.15, 0.2) is 0 Å². The number of aromatic nitrogens is 1. The zero-order valence-corrected chi connectivity index (χ0v) is 14.7. The molecule has 0 radical (unpaired) electrons. The molecule has 5 heteroatoms. The van der Waals surface area contributed by atoms with Gasteiger partial charge in [0.2, 0.25) is 5.91 Å². The molecular formula is C19H24ClN3O. The lowest BCUT2D eigenvalue weighted by Crippen LogP contribution is -2.39. The number of carbonyl (C=O) groups is 1. The normalized spacial score (nSPS) is 19.4. The molecule has 0 aliphatic carbocycles. The molecule has 1 aliphatic heterocycles. The molecule has 2 heterocycles. The van der Waals surface area contributed by atoms with Crippen LogP contribution in [-0.2, 0) is 4.79 Å². The molecule has 0 saturated carbocycles. The number of amides is 1. The van der Waals surface area contributed by atoms with Crippen molar-refractivity contribution in [2.75, 3.05) is 6.54 Å². The molecule has 1 aromatic heterocycles. The van der Waals surface area contributed by atoms with Crippen LogP contribution in [0.1, 0.15) is 43.0 Å². The fraction of sp³-hybridized carbons (Fsp3) is 0.368. The topological polar surface area (TPSA) is 59.2 Å². The molecule has 1 fully saturated rings. The van der Waals surface area contributed by atoms with E-state index in [1.54, 1.807) is 6.20 Å². The zero-order valence-electron chi connectivity index (χ0n) is 13.8. The van der Waals surface area contributed by atoms with Gasteiger partial charge in [0.25, 0.3) is 0 Å². The molecule has 1 amide bonds. The maximum absolute atomic E-state index is 13.0. The summed E-state index contributed by atoms with van der Waals surface area (Å²) in [5.41, 5.74) is 8.45. The largest absolute Gasteiger partial charge is 0.335 e. The van der Waals surface area contributed by atoms with Crippen LogP contribution in [0, 0.1) is 5.92 Å². The third-order valence-corrected chi connectivity index (χ3v) is 4.72. The molecule has 0 bridgehead atoms. The Kier molecular flexibility index (Phi) is 6.35. The summed E-state index contributed by atoms with van der Waals surface area (Å²) < 4.78 is 0. The lowest BCUT2D eigenvalue weighted by molar-refractivity contribution is -0.136. The van der Waals surface area contributed by atoms with Crippen molar-refractivity contribution < 1.29 is 4.79 Å². The summed E-state index contributed by atoms with van der Waals surface area (Å²) in [5, 5.41) is 0. The Morgan fingerprint density at radius 1 is 1.25 bits per heavy atom.